The van der Waals surface area contributed by atoms with E-state index in [-0.39, 0.29) is 5.69 Å². The van der Waals surface area contributed by atoms with Crippen LogP contribution >= 0.6 is 15.9 Å². The van der Waals surface area contributed by atoms with Crippen LogP contribution in [0.3, 0.4) is 0 Å². The van der Waals surface area contributed by atoms with Gasteiger partial charge in [-0.25, -0.2) is 0 Å². The van der Waals surface area contributed by atoms with Gasteiger partial charge in [0.05, 0.1) is 4.92 Å². The van der Waals surface area contributed by atoms with Crippen molar-refractivity contribution in [2.24, 2.45) is 0 Å². The third-order valence-electron chi connectivity index (χ3n) is 2.47. The molecule has 5 heteroatoms. The maximum absolute atomic E-state index is 10.5. The Hall–Kier alpha value is -1.88. The highest BCUT2D eigenvalue weighted by molar-refractivity contribution is 9.10. The predicted octanol–water partition coefficient (Wildman–Crippen LogP) is 3.97. The molecule has 0 aliphatic carbocycles. The first kappa shape index (κ1) is 12.6. The number of nitrogens with zero attached hydrogens (tertiary/aromatic N) is 1. The summed E-state index contributed by atoms with van der Waals surface area (Å²) in [6, 6.07) is 14.4. The van der Waals surface area contributed by atoms with E-state index in [1.54, 1.807) is 12.1 Å². The zero-order valence-electron chi connectivity index (χ0n) is 9.47. The van der Waals surface area contributed by atoms with Gasteiger partial charge in [0.25, 0.3) is 5.69 Å². The van der Waals surface area contributed by atoms with E-state index >= 15 is 0 Å². The number of hydrogen-bond acceptors (Lipinski definition) is 3. The molecule has 1 N–H and O–H groups in total. The number of non-ortho nitro benzene ring substituents is 1. The Balaban J connectivity index is 2.00. The fourth-order valence-electron chi connectivity index (χ4n) is 1.54. The third-order valence-corrected chi connectivity index (χ3v) is 2.96. The van der Waals surface area contributed by atoms with Crippen LogP contribution in [0.15, 0.2) is 53.0 Å². The molecule has 0 amide bonds. The summed E-state index contributed by atoms with van der Waals surface area (Å²) >= 11 is 3.40. The summed E-state index contributed by atoms with van der Waals surface area (Å²) in [4.78, 5) is 10.1. The minimum Gasteiger partial charge on any atom is -0.381 e. The van der Waals surface area contributed by atoms with Gasteiger partial charge >= 0.3 is 0 Å². The molecule has 0 spiro atoms. The van der Waals surface area contributed by atoms with E-state index in [0.29, 0.717) is 6.54 Å². The Labute approximate surface area is 113 Å². The van der Waals surface area contributed by atoms with Crippen LogP contribution in [0.25, 0.3) is 0 Å². The van der Waals surface area contributed by atoms with Crippen LogP contribution < -0.4 is 5.32 Å². The lowest BCUT2D eigenvalue weighted by molar-refractivity contribution is -0.384. The number of nitro groups is 1. The maximum atomic E-state index is 10.5. The highest BCUT2D eigenvalue weighted by atomic mass is 79.9. The van der Waals surface area contributed by atoms with E-state index in [1.807, 2.05) is 24.3 Å². The summed E-state index contributed by atoms with van der Waals surface area (Å²) in [5.41, 5.74) is 2.12. The number of halogens is 1. The van der Waals surface area contributed by atoms with Crippen molar-refractivity contribution < 1.29 is 4.92 Å². The third kappa shape index (κ3) is 3.30. The van der Waals surface area contributed by atoms with Crippen molar-refractivity contribution >= 4 is 27.3 Å². The minimum atomic E-state index is -0.397. The normalized spacial score (nSPS) is 10.1. The number of rotatable bonds is 4. The molecule has 0 bridgehead atoms. The Bertz CT molecular complexity index is 555. The summed E-state index contributed by atoms with van der Waals surface area (Å²) in [5, 5.41) is 13.8. The molecule has 0 unspecified atom stereocenters. The van der Waals surface area contributed by atoms with Crippen molar-refractivity contribution in [3.63, 3.8) is 0 Å². The average Bonchev–Trinajstić information content (AvgIpc) is 2.37. The average molecular weight is 307 g/mol. The lowest BCUT2D eigenvalue weighted by Crippen LogP contribution is -1.99. The molecule has 0 aliphatic rings. The topological polar surface area (TPSA) is 55.2 Å². The Kier molecular flexibility index (Phi) is 3.94. The molecule has 0 saturated carbocycles. The molecule has 4 nitrogen and oxygen atoms in total. The fourth-order valence-corrected chi connectivity index (χ4v) is 1.94. The molecule has 18 heavy (non-hydrogen) atoms. The van der Waals surface area contributed by atoms with Gasteiger partial charge in [0.15, 0.2) is 0 Å². The molecule has 2 aromatic rings. The fraction of sp³-hybridized carbons (Fsp3) is 0.0769. The second-order valence-electron chi connectivity index (χ2n) is 3.79. The van der Waals surface area contributed by atoms with Gasteiger partial charge in [-0.2, -0.15) is 0 Å². The van der Waals surface area contributed by atoms with Crippen LogP contribution in [0.4, 0.5) is 11.4 Å². The minimum absolute atomic E-state index is 0.112. The van der Waals surface area contributed by atoms with E-state index in [0.717, 1.165) is 15.7 Å². The van der Waals surface area contributed by atoms with Crippen LogP contribution in [0.5, 0.6) is 0 Å². The summed E-state index contributed by atoms with van der Waals surface area (Å²) in [6.45, 7) is 0.633. The van der Waals surface area contributed by atoms with Gasteiger partial charge in [0.2, 0.25) is 0 Å². The number of hydrogen-bond donors (Lipinski definition) is 1. The smallest absolute Gasteiger partial charge is 0.269 e. The molecule has 0 heterocycles. The molecular formula is C13H11BrN2O2. The molecule has 0 atom stereocenters. The van der Waals surface area contributed by atoms with Gasteiger partial charge < -0.3 is 5.32 Å². The van der Waals surface area contributed by atoms with E-state index in [9.17, 15) is 10.1 Å². The Morgan fingerprint density at radius 2 is 1.89 bits per heavy atom. The molecule has 2 rings (SSSR count). The van der Waals surface area contributed by atoms with Crippen molar-refractivity contribution in [3.8, 4) is 0 Å². The summed E-state index contributed by atoms with van der Waals surface area (Å²) in [7, 11) is 0. The van der Waals surface area contributed by atoms with E-state index in [2.05, 4.69) is 21.2 Å². The first-order chi connectivity index (χ1) is 8.65. The van der Waals surface area contributed by atoms with Crippen LogP contribution in [0.1, 0.15) is 5.56 Å². The molecule has 0 aromatic heterocycles. The van der Waals surface area contributed by atoms with E-state index in [4.69, 9.17) is 0 Å². The van der Waals surface area contributed by atoms with Gasteiger partial charge in [-0.05, 0) is 23.8 Å². The summed E-state index contributed by atoms with van der Waals surface area (Å²) in [5.74, 6) is 0. The zero-order valence-corrected chi connectivity index (χ0v) is 11.1. The van der Waals surface area contributed by atoms with Crippen molar-refractivity contribution in [3.05, 3.63) is 68.7 Å². The lowest BCUT2D eigenvalue weighted by atomic mass is 10.2. The Morgan fingerprint density at radius 3 is 2.50 bits per heavy atom. The number of nitrogens with one attached hydrogen (secondary N) is 1. The number of nitro benzene ring substituents is 1. The van der Waals surface area contributed by atoms with Crippen LogP contribution in [0, 0.1) is 10.1 Å². The Morgan fingerprint density at radius 1 is 1.17 bits per heavy atom. The standard InChI is InChI=1S/C13H11BrN2O2/c14-11-2-1-3-12(8-11)15-9-10-4-6-13(7-5-10)16(17)18/h1-8,15H,9H2. The SMILES string of the molecule is O=[N+]([O-])c1ccc(CNc2cccc(Br)c2)cc1. The quantitative estimate of drug-likeness (QED) is 0.687. The monoisotopic (exact) mass is 306 g/mol. The second kappa shape index (κ2) is 5.64. The van der Waals surface area contributed by atoms with Gasteiger partial charge in [0.1, 0.15) is 0 Å². The first-order valence-electron chi connectivity index (χ1n) is 5.38. The van der Waals surface area contributed by atoms with Gasteiger partial charge in [0, 0.05) is 28.8 Å². The van der Waals surface area contributed by atoms with Crippen LogP contribution in [0.2, 0.25) is 0 Å². The molecule has 2 aromatic carbocycles. The number of benzene rings is 2. The second-order valence-corrected chi connectivity index (χ2v) is 4.70. The molecule has 0 aliphatic heterocycles. The zero-order chi connectivity index (χ0) is 13.0. The molecule has 92 valence electrons. The maximum Gasteiger partial charge on any atom is 0.269 e. The van der Waals surface area contributed by atoms with Crippen molar-refractivity contribution in [2.75, 3.05) is 5.32 Å². The van der Waals surface area contributed by atoms with Crippen molar-refractivity contribution in [1.82, 2.24) is 0 Å². The predicted molar refractivity (Wildman–Crippen MR) is 74.6 cm³/mol. The molecular weight excluding hydrogens is 296 g/mol. The highest BCUT2D eigenvalue weighted by Crippen LogP contribution is 2.17. The molecule has 0 fully saturated rings. The largest absolute Gasteiger partial charge is 0.381 e. The van der Waals surface area contributed by atoms with Gasteiger partial charge in [-0.15, -0.1) is 0 Å². The number of anilines is 1. The van der Waals surface area contributed by atoms with Crippen molar-refractivity contribution in [2.45, 2.75) is 6.54 Å². The van der Waals surface area contributed by atoms with E-state index < -0.39 is 4.92 Å². The summed E-state index contributed by atoms with van der Waals surface area (Å²) < 4.78 is 1.01. The van der Waals surface area contributed by atoms with Crippen LogP contribution in [-0.4, -0.2) is 4.92 Å². The van der Waals surface area contributed by atoms with Gasteiger partial charge in [-0.1, -0.05) is 34.1 Å². The summed E-state index contributed by atoms with van der Waals surface area (Å²) in [6.07, 6.45) is 0. The van der Waals surface area contributed by atoms with Crippen molar-refractivity contribution in [1.29, 1.82) is 0 Å². The first-order valence-corrected chi connectivity index (χ1v) is 6.17. The lowest BCUT2D eigenvalue weighted by Gasteiger charge is -2.06. The highest BCUT2D eigenvalue weighted by Gasteiger charge is 2.03. The van der Waals surface area contributed by atoms with E-state index in [1.165, 1.54) is 12.1 Å². The van der Waals surface area contributed by atoms with Crippen LogP contribution in [-0.2, 0) is 6.54 Å². The molecule has 0 saturated heterocycles. The van der Waals surface area contributed by atoms with Gasteiger partial charge in [-0.3, -0.25) is 10.1 Å². The molecule has 0 radical (unpaired) electrons.